The van der Waals surface area contributed by atoms with Gasteiger partial charge in [0.15, 0.2) is 0 Å². The molecule has 12 nitrogen and oxygen atoms in total. The number of aliphatic imine (C=N–C) groups is 1. The third-order valence-corrected chi connectivity index (χ3v) is 10.6. The van der Waals surface area contributed by atoms with Crippen molar-refractivity contribution < 1.29 is 32.2 Å². The van der Waals surface area contributed by atoms with Crippen LogP contribution in [0.4, 0.5) is 0 Å². The van der Waals surface area contributed by atoms with Gasteiger partial charge in [-0.15, -0.1) is 0 Å². The molecule has 51 heavy (non-hydrogen) atoms. The van der Waals surface area contributed by atoms with Gasteiger partial charge in [0.25, 0.3) is 15.6 Å². The van der Waals surface area contributed by atoms with E-state index in [9.17, 15) is 22.8 Å². The number of ether oxygens (including phenoxy) is 3. The van der Waals surface area contributed by atoms with Crippen molar-refractivity contribution in [1.82, 2.24) is 14.3 Å². The van der Waals surface area contributed by atoms with Crippen LogP contribution in [0.5, 0.6) is 5.75 Å². The molecule has 260 valence electrons. The molecule has 0 radical (unpaired) electrons. The summed E-state index contributed by atoms with van der Waals surface area (Å²) in [5.74, 6) is -1.15. The van der Waals surface area contributed by atoms with Crippen LogP contribution in [0.15, 0.2) is 99.6 Å². The van der Waals surface area contributed by atoms with Crippen molar-refractivity contribution in [3.8, 4) is 17.1 Å². The van der Waals surface area contributed by atoms with Crippen molar-refractivity contribution in [2.45, 2.75) is 50.3 Å². The number of nitrogens with zero attached hydrogens (tertiary/aromatic N) is 3. The topological polar surface area (TPSA) is 155 Å². The highest BCUT2D eigenvalue weighted by atomic mass is 32.2. The van der Waals surface area contributed by atoms with Crippen LogP contribution in [0.25, 0.3) is 22.3 Å². The predicted molar refractivity (Wildman–Crippen MR) is 189 cm³/mol. The Morgan fingerprint density at radius 1 is 1.04 bits per heavy atom. The molecule has 3 aromatic carbocycles. The summed E-state index contributed by atoms with van der Waals surface area (Å²) in [5.41, 5.74) is 2.44. The molecule has 4 heterocycles. The molecular weight excluding hydrogens is 673 g/mol. The smallest absolute Gasteiger partial charge is 0.355 e. The van der Waals surface area contributed by atoms with Gasteiger partial charge in [0.1, 0.15) is 24.7 Å². The Labute approximate surface area is 293 Å². The fraction of sp³-hybridized carbons (Fsp3) is 0.237. The van der Waals surface area contributed by atoms with Gasteiger partial charge in [-0.3, -0.25) is 14.5 Å². The summed E-state index contributed by atoms with van der Waals surface area (Å²) < 4.78 is 47.4. The molecule has 1 N–H and O–H groups in total. The van der Waals surface area contributed by atoms with Crippen LogP contribution in [0.3, 0.4) is 0 Å². The first-order valence-corrected chi connectivity index (χ1v) is 17.8. The van der Waals surface area contributed by atoms with Crippen LogP contribution < -0.4 is 15.0 Å². The number of rotatable bonds is 9. The molecule has 0 fully saturated rings. The first-order chi connectivity index (χ1) is 24.5. The lowest BCUT2D eigenvalue weighted by Crippen LogP contribution is -2.48. The number of hydrogen-bond donors (Lipinski definition) is 1. The van der Waals surface area contributed by atoms with E-state index < -0.39 is 34.1 Å². The number of esters is 2. The van der Waals surface area contributed by atoms with Gasteiger partial charge in [0.05, 0.1) is 41.0 Å². The van der Waals surface area contributed by atoms with Crippen molar-refractivity contribution in [3.05, 3.63) is 123 Å². The van der Waals surface area contributed by atoms with Crippen LogP contribution in [0.1, 0.15) is 41.2 Å². The maximum atomic E-state index is 13.9. The van der Waals surface area contributed by atoms with Gasteiger partial charge in [-0.2, -0.15) is 0 Å². The second-order valence-electron chi connectivity index (χ2n) is 12.4. The van der Waals surface area contributed by atoms with Crippen molar-refractivity contribution in [2.24, 2.45) is 4.99 Å². The number of cyclic esters (lactones) is 1. The zero-order valence-electron chi connectivity index (χ0n) is 28.1. The van der Waals surface area contributed by atoms with Gasteiger partial charge >= 0.3 is 11.9 Å². The van der Waals surface area contributed by atoms with Gasteiger partial charge in [-0.05, 0) is 61.4 Å². The number of nitrogens with one attached hydrogen (secondary N) is 1. The minimum absolute atomic E-state index is 0.0208. The Hall–Kier alpha value is -5.82. The summed E-state index contributed by atoms with van der Waals surface area (Å²) in [7, 11) is -2.54. The normalized spacial score (nSPS) is 16.5. The molecule has 0 amide bonds. The van der Waals surface area contributed by atoms with E-state index in [-0.39, 0.29) is 46.9 Å². The van der Waals surface area contributed by atoms with Gasteiger partial charge in [0.2, 0.25) is 5.60 Å². The Morgan fingerprint density at radius 2 is 1.78 bits per heavy atom. The number of aryl methyl sites for hydroxylation is 1. The van der Waals surface area contributed by atoms with Crippen molar-refractivity contribution >= 4 is 38.7 Å². The Bertz CT molecular complexity index is 2400. The number of para-hydroxylation sites is 1. The summed E-state index contributed by atoms with van der Waals surface area (Å²) >= 11 is 0. The molecule has 0 saturated carbocycles. The molecule has 2 aromatic heterocycles. The summed E-state index contributed by atoms with van der Waals surface area (Å²) in [6, 6.07) is 24.6. The van der Waals surface area contributed by atoms with E-state index in [0.29, 0.717) is 29.2 Å². The molecule has 0 aliphatic carbocycles. The number of methoxy groups -OCH3 is 1. The molecule has 0 bridgehead atoms. The van der Waals surface area contributed by atoms with E-state index in [1.54, 1.807) is 54.0 Å². The number of fused-ring (bicyclic) bond motifs is 5. The lowest BCUT2D eigenvalue weighted by Gasteiger charge is -2.35. The standard InChI is InChI=1S/C38H34N4O8S/c1-4-38(30-19-32-35-26(18-25-7-5-6-8-31(25)40-35)21-42(32)36(44)29(30)22-49-37(38)45)50-34(43)20-39-33(17-24-11-13-27(48-3)14-12-24)41-51(46,47)28-15-9-23(2)10-16-28/h5-16,18-19H,4,17,20-22H2,1-3H3,(H,39,41)/t38-/m1/s1. The fourth-order valence-corrected chi connectivity index (χ4v) is 7.52. The maximum Gasteiger partial charge on any atom is 0.355 e. The predicted octanol–water partition coefficient (Wildman–Crippen LogP) is 4.57. The molecule has 1 atom stereocenters. The maximum absolute atomic E-state index is 13.9. The van der Waals surface area contributed by atoms with E-state index in [4.69, 9.17) is 19.2 Å². The quantitative estimate of drug-likeness (QED) is 0.129. The van der Waals surface area contributed by atoms with Gasteiger partial charge in [0, 0.05) is 22.9 Å². The van der Waals surface area contributed by atoms with Gasteiger partial charge < -0.3 is 18.8 Å². The molecular formula is C38H34N4O8S. The molecule has 0 unspecified atom stereocenters. The van der Waals surface area contributed by atoms with Crippen LogP contribution >= 0.6 is 0 Å². The van der Waals surface area contributed by atoms with E-state index >= 15 is 0 Å². The van der Waals surface area contributed by atoms with E-state index in [0.717, 1.165) is 22.0 Å². The largest absolute Gasteiger partial charge is 0.497 e. The molecule has 5 aromatic rings. The minimum Gasteiger partial charge on any atom is -0.497 e. The number of benzene rings is 3. The number of carbonyl (C=O) groups is 2. The number of sulfonamides is 1. The lowest BCUT2D eigenvalue weighted by molar-refractivity contribution is -0.188. The number of amidine groups is 1. The highest BCUT2D eigenvalue weighted by molar-refractivity contribution is 7.90. The summed E-state index contributed by atoms with van der Waals surface area (Å²) in [5, 5.41) is 0.935. The summed E-state index contributed by atoms with van der Waals surface area (Å²) in [6.07, 6.45) is -0.00982. The van der Waals surface area contributed by atoms with Gasteiger partial charge in [-0.1, -0.05) is 55.0 Å². The molecule has 0 saturated heterocycles. The monoisotopic (exact) mass is 706 g/mol. The van der Waals surface area contributed by atoms with Crippen LogP contribution in [0, 0.1) is 6.92 Å². The summed E-state index contributed by atoms with van der Waals surface area (Å²) in [4.78, 5) is 50.1. The third-order valence-electron chi connectivity index (χ3n) is 9.19. The van der Waals surface area contributed by atoms with Crippen LogP contribution in [-0.4, -0.2) is 49.4 Å². The zero-order chi connectivity index (χ0) is 35.9. The van der Waals surface area contributed by atoms with Crippen LogP contribution in [-0.2, 0) is 54.3 Å². The Kier molecular flexibility index (Phi) is 8.67. The second-order valence-corrected chi connectivity index (χ2v) is 14.1. The highest BCUT2D eigenvalue weighted by Gasteiger charge is 2.50. The zero-order valence-corrected chi connectivity index (χ0v) is 29.0. The molecule has 7 rings (SSSR count). The van der Waals surface area contributed by atoms with Gasteiger partial charge in [-0.25, -0.2) is 23.0 Å². The number of pyridine rings is 2. The molecule has 0 spiro atoms. The Balaban J connectivity index is 1.21. The van der Waals surface area contributed by atoms with E-state index in [1.165, 1.54) is 19.2 Å². The molecule has 2 aliphatic rings. The fourth-order valence-electron chi connectivity index (χ4n) is 6.46. The first-order valence-electron chi connectivity index (χ1n) is 16.3. The van der Waals surface area contributed by atoms with Crippen LogP contribution in [0.2, 0.25) is 0 Å². The van der Waals surface area contributed by atoms with Crippen molar-refractivity contribution in [2.75, 3.05) is 13.7 Å². The summed E-state index contributed by atoms with van der Waals surface area (Å²) in [6.45, 7) is 2.89. The SMILES string of the molecule is CC[C@]1(OC(=O)CN=C(Cc2ccc(OC)cc2)NS(=O)(=O)c2ccc(C)cc2)C(=O)OCc2c1cc1n(c2=O)Cc2cc3ccccc3nc2-1. The first kappa shape index (κ1) is 33.7. The van der Waals surface area contributed by atoms with E-state index in [1.807, 2.05) is 37.3 Å². The van der Waals surface area contributed by atoms with Crippen molar-refractivity contribution in [1.29, 1.82) is 0 Å². The molecule has 2 aliphatic heterocycles. The lowest BCUT2D eigenvalue weighted by atomic mass is 9.85. The number of hydrogen-bond acceptors (Lipinski definition) is 10. The number of aromatic nitrogens is 2. The third kappa shape index (κ3) is 6.25. The second kappa shape index (κ2) is 13.1. The average Bonchev–Trinajstić information content (AvgIpc) is 3.49. The molecule has 13 heteroatoms. The minimum atomic E-state index is -4.07. The highest BCUT2D eigenvalue weighted by Crippen LogP contribution is 2.41. The number of carbonyl (C=O) groups excluding carboxylic acids is 2. The average molecular weight is 707 g/mol. The van der Waals surface area contributed by atoms with Crippen molar-refractivity contribution in [3.63, 3.8) is 0 Å². The Morgan fingerprint density at radius 3 is 2.51 bits per heavy atom. The van der Waals surface area contributed by atoms with E-state index in [2.05, 4.69) is 9.71 Å².